The van der Waals surface area contributed by atoms with Gasteiger partial charge < -0.3 is 4.90 Å². The molecule has 0 amide bonds. The SMILES string of the molecule is CC(C)(C)c1cc(N2CCN(C(c3ccccc3)c3ccccc3)CC2)n2ncc(-c3ccc(Cl)cc3)c2n1. The minimum Gasteiger partial charge on any atom is -0.354 e. The Morgan fingerprint density at radius 2 is 1.36 bits per heavy atom. The number of nitrogens with zero attached hydrogens (tertiary/aromatic N) is 5. The topological polar surface area (TPSA) is 36.7 Å². The van der Waals surface area contributed by atoms with Gasteiger partial charge in [0, 0.05) is 48.2 Å². The molecule has 198 valence electrons. The Hall–Kier alpha value is -3.67. The normalized spacial score (nSPS) is 14.8. The number of aromatic nitrogens is 3. The van der Waals surface area contributed by atoms with E-state index in [2.05, 4.69) is 97.3 Å². The molecule has 1 fully saturated rings. The van der Waals surface area contributed by atoms with Gasteiger partial charge in [-0.05, 0) is 28.8 Å². The molecule has 1 saturated heterocycles. The number of piperazine rings is 1. The van der Waals surface area contributed by atoms with E-state index in [1.807, 2.05) is 35.0 Å². The Balaban J connectivity index is 1.34. The third kappa shape index (κ3) is 5.17. The summed E-state index contributed by atoms with van der Waals surface area (Å²) < 4.78 is 2.01. The zero-order valence-electron chi connectivity index (χ0n) is 22.8. The third-order valence-electron chi connectivity index (χ3n) is 7.61. The fourth-order valence-corrected chi connectivity index (χ4v) is 5.61. The van der Waals surface area contributed by atoms with Crippen LogP contribution in [0.4, 0.5) is 5.82 Å². The van der Waals surface area contributed by atoms with E-state index in [4.69, 9.17) is 21.7 Å². The summed E-state index contributed by atoms with van der Waals surface area (Å²) in [4.78, 5) is 10.2. The maximum absolute atomic E-state index is 6.17. The van der Waals surface area contributed by atoms with E-state index in [9.17, 15) is 0 Å². The Labute approximate surface area is 235 Å². The maximum Gasteiger partial charge on any atom is 0.165 e. The smallest absolute Gasteiger partial charge is 0.165 e. The van der Waals surface area contributed by atoms with Gasteiger partial charge in [0.05, 0.1) is 17.9 Å². The lowest BCUT2D eigenvalue weighted by Gasteiger charge is -2.40. The van der Waals surface area contributed by atoms with Crippen molar-refractivity contribution in [2.75, 3.05) is 31.1 Å². The summed E-state index contributed by atoms with van der Waals surface area (Å²) in [5, 5.41) is 5.55. The van der Waals surface area contributed by atoms with E-state index in [1.54, 1.807) is 0 Å². The second-order valence-corrected chi connectivity index (χ2v) is 11.7. The van der Waals surface area contributed by atoms with Crippen molar-refractivity contribution in [3.8, 4) is 11.1 Å². The molecule has 0 aliphatic carbocycles. The van der Waals surface area contributed by atoms with Gasteiger partial charge in [0.25, 0.3) is 0 Å². The fraction of sp³-hybridized carbons (Fsp3) is 0.273. The largest absolute Gasteiger partial charge is 0.354 e. The molecule has 1 aliphatic rings. The summed E-state index contributed by atoms with van der Waals surface area (Å²) in [6.45, 7) is 10.4. The van der Waals surface area contributed by atoms with Crippen LogP contribution in [0.3, 0.4) is 0 Å². The first kappa shape index (κ1) is 25.6. The van der Waals surface area contributed by atoms with Gasteiger partial charge in [0.15, 0.2) is 5.65 Å². The predicted octanol–water partition coefficient (Wildman–Crippen LogP) is 7.26. The number of hydrogen-bond acceptors (Lipinski definition) is 4. The van der Waals surface area contributed by atoms with Crippen LogP contribution >= 0.6 is 11.6 Å². The molecule has 0 unspecified atom stereocenters. The Morgan fingerprint density at radius 1 is 0.769 bits per heavy atom. The summed E-state index contributed by atoms with van der Waals surface area (Å²) in [5.41, 5.74) is 6.61. The zero-order valence-corrected chi connectivity index (χ0v) is 23.5. The highest BCUT2D eigenvalue weighted by atomic mass is 35.5. The Bertz CT molecular complexity index is 1510. The molecule has 6 heteroatoms. The van der Waals surface area contributed by atoms with E-state index >= 15 is 0 Å². The molecule has 3 heterocycles. The van der Waals surface area contributed by atoms with Gasteiger partial charge in [-0.3, -0.25) is 4.90 Å². The number of hydrogen-bond donors (Lipinski definition) is 0. The van der Waals surface area contributed by atoms with Crippen LogP contribution in [-0.4, -0.2) is 45.7 Å². The molecule has 1 aliphatic heterocycles. The highest BCUT2D eigenvalue weighted by Gasteiger charge is 2.29. The number of anilines is 1. The second-order valence-electron chi connectivity index (χ2n) is 11.3. The summed E-state index contributed by atoms with van der Waals surface area (Å²) in [6, 6.07) is 32.1. The van der Waals surface area contributed by atoms with E-state index in [-0.39, 0.29) is 11.5 Å². The molecule has 5 nitrogen and oxygen atoms in total. The van der Waals surface area contributed by atoms with Gasteiger partial charge in [-0.2, -0.15) is 9.61 Å². The van der Waals surface area contributed by atoms with E-state index < -0.39 is 0 Å². The first-order valence-corrected chi connectivity index (χ1v) is 14.0. The van der Waals surface area contributed by atoms with Crippen molar-refractivity contribution in [2.45, 2.75) is 32.2 Å². The molecule has 0 radical (unpaired) electrons. The zero-order chi connectivity index (χ0) is 27.0. The Kier molecular flexibility index (Phi) is 6.88. The lowest BCUT2D eigenvalue weighted by molar-refractivity contribution is 0.211. The Morgan fingerprint density at radius 3 is 1.92 bits per heavy atom. The highest BCUT2D eigenvalue weighted by molar-refractivity contribution is 6.30. The van der Waals surface area contributed by atoms with Crippen LogP contribution in [-0.2, 0) is 5.41 Å². The number of benzene rings is 3. The summed E-state index contributed by atoms with van der Waals surface area (Å²) in [6.07, 6.45) is 1.93. The van der Waals surface area contributed by atoms with Crippen molar-refractivity contribution < 1.29 is 0 Å². The van der Waals surface area contributed by atoms with Crippen LogP contribution in [0, 0.1) is 0 Å². The first-order chi connectivity index (χ1) is 18.9. The van der Waals surface area contributed by atoms with Crippen molar-refractivity contribution in [1.82, 2.24) is 19.5 Å². The fourth-order valence-electron chi connectivity index (χ4n) is 5.48. The average Bonchev–Trinajstić information content (AvgIpc) is 3.39. The lowest BCUT2D eigenvalue weighted by atomic mass is 9.91. The van der Waals surface area contributed by atoms with Gasteiger partial charge >= 0.3 is 0 Å². The summed E-state index contributed by atoms with van der Waals surface area (Å²) >= 11 is 6.17. The highest BCUT2D eigenvalue weighted by Crippen LogP contribution is 2.34. The van der Waals surface area contributed by atoms with Gasteiger partial charge in [-0.25, -0.2) is 4.98 Å². The van der Waals surface area contributed by atoms with E-state index in [1.165, 1.54) is 11.1 Å². The monoisotopic (exact) mass is 535 g/mol. The molecular weight excluding hydrogens is 502 g/mol. The lowest BCUT2D eigenvalue weighted by Crippen LogP contribution is -2.48. The van der Waals surface area contributed by atoms with Gasteiger partial charge in [-0.1, -0.05) is 105 Å². The molecule has 2 aromatic heterocycles. The van der Waals surface area contributed by atoms with Crippen LogP contribution in [0.1, 0.15) is 43.6 Å². The van der Waals surface area contributed by atoms with Crippen molar-refractivity contribution in [1.29, 1.82) is 0 Å². The standard InChI is InChI=1S/C33H34ClN5/c1-33(2,3)29-22-30(39-32(36-29)28(23-35-39)24-14-16-27(34)17-15-24)37-18-20-38(21-19-37)31(25-10-6-4-7-11-25)26-12-8-5-9-13-26/h4-17,22-23,31H,18-21H2,1-3H3. The minimum absolute atomic E-state index is 0.0917. The average molecular weight is 536 g/mol. The number of rotatable bonds is 5. The van der Waals surface area contributed by atoms with Crippen LogP contribution in [0.2, 0.25) is 5.02 Å². The van der Waals surface area contributed by atoms with Crippen LogP contribution in [0.15, 0.2) is 97.2 Å². The first-order valence-electron chi connectivity index (χ1n) is 13.6. The summed E-state index contributed by atoms with van der Waals surface area (Å²) in [5.74, 6) is 1.10. The van der Waals surface area contributed by atoms with Crippen LogP contribution < -0.4 is 4.90 Å². The molecule has 0 spiro atoms. The quantitative estimate of drug-likeness (QED) is 0.237. The summed E-state index contributed by atoms with van der Waals surface area (Å²) in [7, 11) is 0. The molecular formula is C33H34ClN5. The number of fused-ring (bicyclic) bond motifs is 1. The molecule has 0 saturated carbocycles. The minimum atomic E-state index is -0.0917. The molecule has 0 atom stereocenters. The van der Waals surface area contributed by atoms with Gasteiger partial charge in [0.1, 0.15) is 5.82 Å². The van der Waals surface area contributed by atoms with E-state index in [0.29, 0.717) is 0 Å². The molecule has 39 heavy (non-hydrogen) atoms. The van der Waals surface area contributed by atoms with Crippen LogP contribution in [0.25, 0.3) is 16.8 Å². The molecule has 0 N–H and O–H groups in total. The van der Waals surface area contributed by atoms with E-state index in [0.717, 1.165) is 59.5 Å². The van der Waals surface area contributed by atoms with Crippen molar-refractivity contribution in [3.63, 3.8) is 0 Å². The molecule has 0 bridgehead atoms. The van der Waals surface area contributed by atoms with Crippen molar-refractivity contribution in [2.24, 2.45) is 0 Å². The number of halogens is 1. The van der Waals surface area contributed by atoms with Crippen LogP contribution in [0.5, 0.6) is 0 Å². The van der Waals surface area contributed by atoms with Crippen molar-refractivity contribution >= 4 is 23.1 Å². The van der Waals surface area contributed by atoms with Crippen molar-refractivity contribution in [3.05, 3.63) is 119 Å². The molecule has 3 aromatic carbocycles. The molecule has 5 aromatic rings. The predicted molar refractivity (Wildman–Crippen MR) is 161 cm³/mol. The third-order valence-corrected chi connectivity index (χ3v) is 7.86. The molecule has 6 rings (SSSR count). The van der Waals surface area contributed by atoms with Gasteiger partial charge in [-0.15, -0.1) is 0 Å². The maximum atomic E-state index is 6.17. The van der Waals surface area contributed by atoms with Gasteiger partial charge in [0.2, 0.25) is 0 Å². The second kappa shape index (κ2) is 10.5.